The third kappa shape index (κ3) is 4.43. The van der Waals surface area contributed by atoms with Gasteiger partial charge in [-0.25, -0.2) is 0 Å². The second-order valence-corrected chi connectivity index (χ2v) is 7.07. The number of aromatic nitrogens is 3. The van der Waals surface area contributed by atoms with Crippen molar-refractivity contribution in [1.82, 2.24) is 15.2 Å². The molecule has 0 aliphatic heterocycles. The van der Waals surface area contributed by atoms with Gasteiger partial charge in [0.2, 0.25) is 11.9 Å². The summed E-state index contributed by atoms with van der Waals surface area (Å²) in [6, 6.07) is 5.17. The SMILES string of the molecule is CC(C)C[C@@H](Nc1nnc(C(N)=O)c(Nc2ccc3c(c2)CC=C3)n1)C(N)=O. The number of carbonyl (C=O) groups excluding carboxylic acids is 2. The third-order valence-electron chi connectivity index (χ3n) is 4.31. The minimum absolute atomic E-state index is 0.0831. The van der Waals surface area contributed by atoms with Crippen molar-refractivity contribution in [1.29, 1.82) is 0 Å². The van der Waals surface area contributed by atoms with Crippen LogP contribution in [-0.4, -0.2) is 33.0 Å². The number of amides is 2. The van der Waals surface area contributed by atoms with E-state index in [1.807, 2.05) is 32.0 Å². The normalized spacial score (nSPS) is 13.2. The first kappa shape index (κ1) is 19.3. The fourth-order valence-corrected chi connectivity index (χ4v) is 2.99. The first-order chi connectivity index (χ1) is 13.3. The molecule has 6 N–H and O–H groups in total. The minimum atomic E-state index is -0.759. The second kappa shape index (κ2) is 8.03. The summed E-state index contributed by atoms with van der Waals surface area (Å²) >= 11 is 0. The molecular weight excluding hydrogens is 358 g/mol. The fraction of sp³-hybridized carbons (Fsp3) is 0.316. The fourth-order valence-electron chi connectivity index (χ4n) is 2.99. The van der Waals surface area contributed by atoms with Crippen molar-refractivity contribution in [2.45, 2.75) is 32.7 Å². The molecule has 0 saturated carbocycles. The Morgan fingerprint density at radius 3 is 2.68 bits per heavy atom. The van der Waals surface area contributed by atoms with E-state index in [1.165, 1.54) is 0 Å². The van der Waals surface area contributed by atoms with Crippen molar-refractivity contribution in [3.63, 3.8) is 0 Å². The monoisotopic (exact) mass is 381 g/mol. The molecule has 28 heavy (non-hydrogen) atoms. The van der Waals surface area contributed by atoms with E-state index in [0.29, 0.717) is 6.42 Å². The number of nitrogens with one attached hydrogen (secondary N) is 2. The number of rotatable bonds is 8. The maximum Gasteiger partial charge on any atom is 0.273 e. The zero-order valence-corrected chi connectivity index (χ0v) is 15.8. The predicted molar refractivity (Wildman–Crippen MR) is 107 cm³/mol. The molecule has 1 heterocycles. The zero-order chi connectivity index (χ0) is 20.3. The first-order valence-electron chi connectivity index (χ1n) is 9.00. The lowest BCUT2D eigenvalue weighted by atomic mass is 10.0. The third-order valence-corrected chi connectivity index (χ3v) is 4.31. The number of primary amides is 2. The van der Waals surface area contributed by atoms with Crippen LogP contribution in [0.15, 0.2) is 24.3 Å². The Labute approximate surface area is 162 Å². The molecule has 0 spiro atoms. The Morgan fingerprint density at radius 1 is 1.21 bits per heavy atom. The van der Waals surface area contributed by atoms with Crippen LogP contribution in [-0.2, 0) is 11.2 Å². The minimum Gasteiger partial charge on any atom is -0.368 e. The molecule has 0 fully saturated rings. The van der Waals surface area contributed by atoms with Gasteiger partial charge in [-0.15, -0.1) is 10.2 Å². The van der Waals surface area contributed by atoms with Crippen LogP contribution in [0.1, 0.15) is 41.9 Å². The van der Waals surface area contributed by atoms with Crippen molar-refractivity contribution < 1.29 is 9.59 Å². The summed E-state index contributed by atoms with van der Waals surface area (Å²) in [6.07, 6.45) is 5.49. The maximum absolute atomic E-state index is 11.7. The average Bonchev–Trinajstić information content (AvgIpc) is 3.08. The summed E-state index contributed by atoms with van der Waals surface area (Å²) < 4.78 is 0. The molecule has 146 valence electrons. The molecule has 2 aromatic rings. The summed E-state index contributed by atoms with van der Waals surface area (Å²) in [4.78, 5) is 27.7. The molecule has 1 aromatic heterocycles. The van der Waals surface area contributed by atoms with Crippen molar-refractivity contribution in [3.8, 4) is 0 Å². The largest absolute Gasteiger partial charge is 0.368 e. The number of anilines is 3. The lowest BCUT2D eigenvalue weighted by Gasteiger charge is -2.18. The number of hydrogen-bond donors (Lipinski definition) is 4. The quantitative estimate of drug-likeness (QED) is 0.542. The number of benzene rings is 1. The van der Waals surface area contributed by atoms with Gasteiger partial charge in [-0.3, -0.25) is 9.59 Å². The molecule has 1 aliphatic carbocycles. The van der Waals surface area contributed by atoms with Crippen molar-refractivity contribution in [2.75, 3.05) is 10.6 Å². The molecular formula is C19H23N7O2. The topological polar surface area (TPSA) is 149 Å². The maximum atomic E-state index is 11.7. The van der Waals surface area contributed by atoms with Crippen LogP contribution in [0.5, 0.6) is 0 Å². The van der Waals surface area contributed by atoms with Crippen molar-refractivity contribution in [3.05, 3.63) is 41.1 Å². The summed E-state index contributed by atoms with van der Waals surface area (Å²) in [5.41, 5.74) is 13.8. The summed E-state index contributed by atoms with van der Waals surface area (Å²) in [5.74, 6) is -0.800. The Morgan fingerprint density at radius 2 is 2.00 bits per heavy atom. The highest BCUT2D eigenvalue weighted by molar-refractivity contribution is 5.96. The predicted octanol–water partition coefficient (Wildman–Crippen LogP) is 1.60. The van der Waals surface area contributed by atoms with Crippen LogP contribution in [0, 0.1) is 5.92 Å². The highest BCUT2D eigenvalue weighted by Crippen LogP contribution is 2.25. The van der Waals surface area contributed by atoms with Gasteiger partial charge in [0.25, 0.3) is 5.91 Å². The summed E-state index contributed by atoms with van der Waals surface area (Å²) in [6.45, 7) is 3.95. The number of nitrogens with zero attached hydrogens (tertiary/aromatic N) is 3. The number of fused-ring (bicyclic) bond motifs is 1. The van der Waals surface area contributed by atoms with E-state index in [-0.39, 0.29) is 23.4 Å². The van der Waals surface area contributed by atoms with E-state index in [9.17, 15) is 9.59 Å². The van der Waals surface area contributed by atoms with E-state index in [2.05, 4.69) is 38.0 Å². The van der Waals surface area contributed by atoms with Gasteiger partial charge in [-0.1, -0.05) is 32.1 Å². The van der Waals surface area contributed by atoms with Gasteiger partial charge >= 0.3 is 0 Å². The van der Waals surface area contributed by atoms with Crippen molar-refractivity contribution in [2.24, 2.45) is 17.4 Å². The van der Waals surface area contributed by atoms with Crippen molar-refractivity contribution >= 4 is 35.3 Å². The average molecular weight is 381 g/mol. The molecule has 0 radical (unpaired) electrons. The lowest BCUT2D eigenvalue weighted by Crippen LogP contribution is -2.37. The number of nitrogens with two attached hydrogens (primary N) is 2. The molecule has 9 heteroatoms. The zero-order valence-electron chi connectivity index (χ0n) is 15.8. The van der Waals surface area contributed by atoms with Gasteiger partial charge in [-0.05, 0) is 42.0 Å². The highest BCUT2D eigenvalue weighted by atomic mass is 16.1. The van der Waals surface area contributed by atoms with E-state index in [4.69, 9.17) is 11.5 Å². The molecule has 1 aromatic carbocycles. The van der Waals surface area contributed by atoms with Crippen LogP contribution in [0.2, 0.25) is 0 Å². The number of carbonyl (C=O) groups is 2. The Bertz CT molecular complexity index is 940. The van der Waals surface area contributed by atoms with E-state index >= 15 is 0 Å². The first-order valence-corrected chi connectivity index (χ1v) is 9.00. The lowest BCUT2D eigenvalue weighted by molar-refractivity contribution is -0.119. The molecule has 3 rings (SSSR count). The Balaban J connectivity index is 1.87. The number of allylic oxidation sites excluding steroid dienone is 1. The van der Waals surface area contributed by atoms with Crippen LogP contribution in [0.25, 0.3) is 6.08 Å². The highest BCUT2D eigenvalue weighted by Gasteiger charge is 2.21. The van der Waals surface area contributed by atoms with Crippen LogP contribution >= 0.6 is 0 Å². The van der Waals surface area contributed by atoms with E-state index in [1.54, 1.807) is 0 Å². The van der Waals surface area contributed by atoms with Crippen LogP contribution in [0.3, 0.4) is 0 Å². The Hall–Kier alpha value is -3.49. The molecule has 1 aliphatic rings. The molecule has 0 unspecified atom stereocenters. The van der Waals surface area contributed by atoms with E-state index in [0.717, 1.165) is 23.2 Å². The summed E-state index contributed by atoms with van der Waals surface area (Å²) in [7, 11) is 0. The standard InChI is InChI=1S/C19H23N7O2/c1-10(2)8-14(16(20)27)23-19-24-18(15(17(21)28)25-26-19)22-13-7-6-11-4-3-5-12(11)9-13/h3-4,6-7,9-10,14H,5,8H2,1-2H3,(H2,20,27)(H2,21,28)(H2,22,23,24,26)/t14-/m1/s1. The number of hydrogen-bond acceptors (Lipinski definition) is 7. The molecule has 0 saturated heterocycles. The van der Waals surface area contributed by atoms with Gasteiger partial charge < -0.3 is 22.1 Å². The molecule has 0 bridgehead atoms. The van der Waals surface area contributed by atoms with Gasteiger partial charge in [0, 0.05) is 5.69 Å². The van der Waals surface area contributed by atoms with Gasteiger partial charge in [0.15, 0.2) is 11.5 Å². The van der Waals surface area contributed by atoms with Crippen LogP contribution in [0.4, 0.5) is 17.5 Å². The smallest absolute Gasteiger partial charge is 0.273 e. The second-order valence-electron chi connectivity index (χ2n) is 7.07. The summed E-state index contributed by atoms with van der Waals surface area (Å²) in [5, 5.41) is 13.7. The van der Waals surface area contributed by atoms with Gasteiger partial charge in [0.05, 0.1) is 0 Å². The molecule has 1 atom stereocenters. The van der Waals surface area contributed by atoms with E-state index < -0.39 is 17.9 Å². The molecule has 9 nitrogen and oxygen atoms in total. The molecule has 2 amide bonds. The Kier molecular flexibility index (Phi) is 5.53. The van der Waals surface area contributed by atoms with Crippen LogP contribution < -0.4 is 22.1 Å². The van der Waals surface area contributed by atoms with Gasteiger partial charge in [-0.2, -0.15) is 4.98 Å². The van der Waals surface area contributed by atoms with Gasteiger partial charge in [0.1, 0.15) is 6.04 Å².